The summed E-state index contributed by atoms with van der Waals surface area (Å²) in [5, 5.41) is 10.4. The van der Waals surface area contributed by atoms with Crippen LogP contribution in [0.4, 0.5) is 0 Å². The summed E-state index contributed by atoms with van der Waals surface area (Å²) < 4.78 is 5.55. The minimum absolute atomic E-state index is 0.400. The third kappa shape index (κ3) is 3.49. The molecule has 26 heavy (non-hydrogen) atoms. The van der Waals surface area contributed by atoms with Crippen LogP contribution >= 0.6 is 0 Å². The van der Waals surface area contributed by atoms with Gasteiger partial charge in [-0.2, -0.15) is 0 Å². The molecule has 0 aliphatic rings. The van der Waals surface area contributed by atoms with E-state index in [4.69, 9.17) is 20.9 Å². The normalized spacial score (nSPS) is 10.5. The van der Waals surface area contributed by atoms with Crippen molar-refractivity contribution < 1.29 is 9.53 Å². The van der Waals surface area contributed by atoms with Gasteiger partial charge in [0, 0.05) is 17.0 Å². The molecule has 3 rings (SSSR count). The van der Waals surface area contributed by atoms with Gasteiger partial charge in [0.25, 0.3) is 5.91 Å². The third-order valence-electron chi connectivity index (χ3n) is 4.01. The smallest absolute Gasteiger partial charge is 0.258 e. The molecule has 0 aliphatic heterocycles. The number of carbonyl (C=O) groups is 1. The molecule has 0 spiro atoms. The van der Waals surface area contributed by atoms with Crippen molar-refractivity contribution in [1.82, 2.24) is 10.3 Å². The topological polar surface area (TPSA) is 101 Å². The van der Waals surface area contributed by atoms with Crippen LogP contribution in [0.5, 0.6) is 5.75 Å². The van der Waals surface area contributed by atoms with Gasteiger partial charge >= 0.3 is 0 Å². The van der Waals surface area contributed by atoms with Gasteiger partial charge in [-0.1, -0.05) is 24.3 Å². The summed E-state index contributed by atoms with van der Waals surface area (Å²) in [5.74, 6) is -0.153. The fourth-order valence-corrected chi connectivity index (χ4v) is 2.84. The number of hydrogen-bond donors (Lipinski definition) is 3. The van der Waals surface area contributed by atoms with Gasteiger partial charge in [0.2, 0.25) is 0 Å². The highest BCUT2D eigenvalue weighted by atomic mass is 16.5. The zero-order chi connectivity index (χ0) is 18.7. The maximum Gasteiger partial charge on any atom is 0.258 e. The van der Waals surface area contributed by atoms with E-state index < -0.39 is 11.9 Å². The molecule has 1 heterocycles. The molecular weight excluding hydrogens is 328 g/mol. The SMILES string of the molecule is CCOc1ccc2c(C(=O)NC(=N)N)cc(-c3ccccc3C)nc2c1. The van der Waals surface area contributed by atoms with Crippen LogP contribution in [-0.2, 0) is 0 Å². The molecule has 6 heteroatoms. The molecule has 0 unspecified atom stereocenters. The standard InChI is InChI=1S/C20H20N4O2/c1-3-26-13-8-9-15-16(19(25)24-20(21)22)11-18(23-17(15)10-13)14-7-5-4-6-12(14)2/h4-11H,3H2,1-2H3,(H4,21,22,24,25). The minimum atomic E-state index is -0.441. The number of rotatable bonds is 4. The summed E-state index contributed by atoms with van der Waals surface area (Å²) >= 11 is 0. The van der Waals surface area contributed by atoms with Crippen LogP contribution in [0.3, 0.4) is 0 Å². The van der Waals surface area contributed by atoms with E-state index in [1.807, 2.05) is 44.2 Å². The van der Waals surface area contributed by atoms with Crippen LogP contribution < -0.4 is 15.8 Å². The number of aromatic nitrogens is 1. The molecule has 3 aromatic rings. The number of benzene rings is 2. The molecule has 132 valence electrons. The second-order valence-corrected chi connectivity index (χ2v) is 5.85. The van der Waals surface area contributed by atoms with Crippen molar-refractivity contribution in [1.29, 1.82) is 5.41 Å². The van der Waals surface area contributed by atoms with Gasteiger partial charge in [0.15, 0.2) is 5.96 Å². The molecular formula is C20H20N4O2. The third-order valence-corrected chi connectivity index (χ3v) is 4.01. The molecule has 0 aliphatic carbocycles. The Bertz CT molecular complexity index is 998. The van der Waals surface area contributed by atoms with E-state index in [2.05, 4.69) is 5.32 Å². The van der Waals surface area contributed by atoms with Gasteiger partial charge in [-0.15, -0.1) is 0 Å². The van der Waals surface area contributed by atoms with Gasteiger partial charge in [-0.05, 0) is 37.6 Å². The van der Waals surface area contributed by atoms with E-state index in [0.717, 1.165) is 11.1 Å². The maximum atomic E-state index is 12.6. The van der Waals surface area contributed by atoms with Crippen molar-refractivity contribution in [2.24, 2.45) is 5.73 Å². The molecule has 1 aromatic heterocycles. The highest BCUT2D eigenvalue weighted by Gasteiger charge is 2.16. The van der Waals surface area contributed by atoms with Crippen molar-refractivity contribution in [2.75, 3.05) is 6.61 Å². The highest BCUT2D eigenvalue weighted by Crippen LogP contribution is 2.29. The quantitative estimate of drug-likeness (QED) is 0.498. The van der Waals surface area contributed by atoms with Crippen molar-refractivity contribution >= 4 is 22.8 Å². The number of amides is 1. The fraction of sp³-hybridized carbons (Fsp3) is 0.150. The molecule has 0 bridgehead atoms. The van der Waals surface area contributed by atoms with Gasteiger partial charge in [0.1, 0.15) is 5.75 Å². The number of nitrogens with two attached hydrogens (primary N) is 1. The molecule has 1 amide bonds. The van der Waals surface area contributed by atoms with Crippen molar-refractivity contribution in [3.05, 3.63) is 59.7 Å². The van der Waals surface area contributed by atoms with E-state index in [0.29, 0.717) is 34.5 Å². The Morgan fingerprint density at radius 1 is 1.23 bits per heavy atom. The predicted octanol–water partition coefficient (Wildman–Crippen LogP) is 3.23. The lowest BCUT2D eigenvalue weighted by Gasteiger charge is -2.12. The van der Waals surface area contributed by atoms with Gasteiger partial charge in [0.05, 0.1) is 23.4 Å². The Balaban J connectivity index is 2.24. The first kappa shape index (κ1) is 17.4. The van der Waals surface area contributed by atoms with Gasteiger partial charge in [-0.3, -0.25) is 15.5 Å². The minimum Gasteiger partial charge on any atom is -0.494 e. The number of carbonyl (C=O) groups excluding carboxylic acids is 1. The Morgan fingerprint density at radius 3 is 2.69 bits per heavy atom. The summed E-state index contributed by atoms with van der Waals surface area (Å²) in [6, 6.07) is 15.0. The van der Waals surface area contributed by atoms with Crippen LogP contribution in [0.25, 0.3) is 22.2 Å². The lowest BCUT2D eigenvalue weighted by atomic mass is 10.0. The Morgan fingerprint density at radius 2 is 2.00 bits per heavy atom. The zero-order valence-corrected chi connectivity index (χ0v) is 14.7. The van der Waals surface area contributed by atoms with Crippen molar-refractivity contribution in [3.63, 3.8) is 0 Å². The first-order valence-corrected chi connectivity index (χ1v) is 8.28. The van der Waals surface area contributed by atoms with Crippen molar-refractivity contribution in [3.8, 4) is 17.0 Å². The number of fused-ring (bicyclic) bond motifs is 1. The number of ether oxygens (including phenoxy) is 1. The molecule has 6 nitrogen and oxygen atoms in total. The molecule has 0 fully saturated rings. The molecule has 0 saturated heterocycles. The number of hydrogen-bond acceptors (Lipinski definition) is 4. The molecule has 4 N–H and O–H groups in total. The second kappa shape index (κ2) is 7.23. The number of pyridine rings is 1. The van der Waals surface area contributed by atoms with E-state index in [-0.39, 0.29) is 0 Å². The number of guanidine groups is 1. The number of aryl methyl sites for hydroxylation is 1. The number of nitrogens with one attached hydrogen (secondary N) is 2. The molecule has 2 aromatic carbocycles. The zero-order valence-electron chi connectivity index (χ0n) is 14.7. The Hall–Kier alpha value is -3.41. The monoisotopic (exact) mass is 348 g/mol. The molecule has 0 radical (unpaired) electrons. The Labute approximate surface area is 151 Å². The highest BCUT2D eigenvalue weighted by molar-refractivity contribution is 6.12. The molecule has 0 atom stereocenters. The average molecular weight is 348 g/mol. The van der Waals surface area contributed by atoms with Crippen LogP contribution in [0.15, 0.2) is 48.5 Å². The van der Waals surface area contributed by atoms with Crippen LogP contribution in [0.2, 0.25) is 0 Å². The first-order valence-electron chi connectivity index (χ1n) is 8.28. The maximum absolute atomic E-state index is 12.6. The largest absolute Gasteiger partial charge is 0.494 e. The Kier molecular flexibility index (Phi) is 4.84. The van der Waals surface area contributed by atoms with Gasteiger partial charge in [-0.25, -0.2) is 4.98 Å². The second-order valence-electron chi connectivity index (χ2n) is 5.85. The van der Waals surface area contributed by atoms with E-state index in [9.17, 15) is 4.79 Å². The van der Waals surface area contributed by atoms with Crippen LogP contribution in [-0.4, -0.2) is 23.5 Å². The molecule has 0 saturated carbocycles. The summed E-state index contributed by atoms with van der Waals surface area (Å²) in [4.78, 5) is 17.3. The van der Waals surface area contributed by atoms with Gasteiger partial charge < -0.3 is 10.5 Å². The van der Waals surface area contributed by atoms with E-state index >= 15 is 0 Å². The predicted molar refractivity (Wildman–Crippen MR) is 102 cm³/mol. The fourth-order valence-electron chi connectivity index (χ4n) is 2.84. The average Bonchev–Trinajstić information content (AvgIpc) is 2.60. The summed E-state index contributed by atoms with van der Waals surface area (Å²) in [6.45, 7) is 4.45. The first-order chi connectivity index (χ1) is 12.5. The van der Waals surface area contributed by atoms with E-state index in [1.54, 1.807) is 18.2 Å². The van der Waals surface area contributed by atoms with Crippen molar-refractivity contribution in [2.45, 2.75) is 13.8 Å². The van der Waals surface area contributed by atoms with E-state index in [1.165, 1.54) is 0 Å². The lowest BCUT2D eigenvalue weighted by Crippen LogP contribution is -2.35. The number of nitrogens with zero attached hydrogens (tertiary/aromatic N) is 1. The summed E-state index contributed by atoms with van der Waals surface area (Å²) in [7, 11) is 0. The van der Waals surface area contributed by atoms with Crippen LogP contribution in [0, 0.1) is 12.3 Å². The van der Waals surface area contributed by atoms with Crippen LogP contribution in [0.1, 0.15) is 22.8 Å². The summed E-state index contributed by atoms with van der Waals surface area (Å²) in [6.07, 6.45) is 0. The summed E-state index contributed by atoms with van der Waals surface area (Å²) in [5.41, 5.74) is 9.05. The lowest BCUT2D eigenvalue weighted by molar-refractivity contribution is 0.0978.